The van der Waals surface area contributed by atoms with Crippen LogP contribution in [-0.2, 0) is 33.5 Å². The minimum atomic E-state index is -0.748. The molecule has 0 spiro atoms. The van der Waals surface area contributed by atoms with Crippen LogP contribution in [0.2, 0.25) is 0 Å². The Morgan fingerprint density at radius 2 is 1.16 bits per heavy atom. The fraction of sp³-hybridized carbons (Fsp3) is 0.476. The Labute approximate surface area is 184 Å². The number of nitrogens with zero attached hydrogens (tertiary/aromatic N) is 5. The Hall–Kier alpha value is -3.63. The minimum absolute atomic E-state index is 0.0668. The van der Waals surface area contributed by atoms with E-state index >= 15 is 0 Å². The topological polar surface area (TPSA) is 143 Å². The molecule has 0 aliphatic rings. The fourth-order valence-electron chi connectivity index (χ4n) is 2.30. The summed E-state index contributed by atoms with van der Waals surface area (Å²) >= 11 is 0. The van der Waals surface area contributed by atoms with Crippen LogP contribution >= 0.6 is 0 Å². The number of ether oxygens (including phenoxy) is 2. The van der Waals surface area contributed by atoms with Crippen molar-refractivity contribution >= 4 is 11.9 Å². The summed E-state index contributed by atoms with van der Waals surface area (Å²) in [7, 11) is 0. The van der Waals surface area contributed by atoms with E-state index in [1.165, 1.54) is 18.2 Å². The van der Waals surface area contributed by atoms with Crippen LogP contribution in [0, 0.1) is 0 Å². The fourth-order valence-corrected chi connectivity index (χ4v) is 2.30. The first kappa shape index (κ1) is 23.0. The zero-order valence-electron chi connectivity index (χ0n) is 18.8. The molecule has 32 heavy (non-hydrogen) atoms. The molecule has 0 aromatic carbocycles. The molecule has 0 fully saturated rings. The van der Waals surface area contributed by atoms with Crippen molar-refractivity contribution in [1.82, 2.24) is 25.3 Å². The number of hydrogen-bond acceptors (Lipinski definition) is 11. The molecule has 3 rings (SSSR count). The molecule has 0 aliphatic carbocycles. The summed E-state index contributed by atoms with van der Waals surface area (Å²) in [5, 5.41) is 7.73. The number of carbonyl (C=O) groups is 2. The van der Waals surface area contributed by atoms with Gasteiger partial charge in [0.25, 0.3) is 11.8 Å². The maximum Gasteiger partial charge on any atom is 0.357 e. The van der Waals surface area contributed by atoms with Gasteiger partial charge in [0.05, 0.1) is 0 Å². The van der Waals surface area contributed by atoms with Gasteiger partial charge in [-0.3, -0.25) is 0 Å². The number of carbonyl (C=O) groups excluding carboxylic acids is 2. The van der Waals surface area contributed by atoms with Crippen molar-refractivity contribution in [1.29, 1.82) is 0 Å². The van der Waals surface area contributed by atoms with Crippen LogP contribution in [0.5, 0.6) is 0 Å². The molecule has 170 valence electrons. The van der Waals surface area contributed by atoms with Gasteiger partial charge in [-0.15, -0.1) is 0 Å². The highest BCUT2D eigenvalue weighted by Gasteiger charge is 2.23. The second-order valence-corrected chi connectivity index (χ2v) is 9.08. The largest absolute Gasteiger partial charge is 0.451 e. The molecule has 0 amide bonds. The SMILES string of the molecule is CC(C)(C)c1noc(COC(=O)c2cccc(C(=O)OCc3nc(C(C)(C)C)no3)n2)n1. The molecule has 0 aliphatic heterocycles. The summed E-state index contributed by atoms with van der Waals surface area (Å²) in [6, 6.07) is 4.33. The van der Waals surface area contributed by atoms with Crippen molar-refractivity contribution in [2.24, 2.45) is 0 Å². The molecule has 0 unspecified atom stereocenters. The van der Waals surface area contributed by atoms with E-state index in [1.54, 1.807) is 0 Å². The molecule has 11 heteroatoms. The van der Waals surface area contributed by atoms with Crippen molar-refractivity contribution in [3.63, 3.8) is 0 Å². The van der Waals surface area contributed by atoms with E-state index in [9.17, 15) is 9.59 Å². The smallest absolute Gasteiger partial charge is 0.357 e. The van der Waals surface area contributed by atoms with Gasteiger partial charge in [0.15, 0.2) is 24.9 Å². The van der Waals surface area contributed by atoms with Gasteiger partial charge in [0.2, 0.25) is 0 Å². The van der Waals surface area contributed by atoms with Gasteiger partial charge in [0.1, 0.15) is 11.4 Å². The molecule has 3 aromatic heterocycles. The Balaban J connectivity index is 1.58. The molecule has 0 N–H and O–H groups in total. The maximum atomic E-state index is 12.3. The van der Waals surface area contributed by atoms with Crippen LogP contribution in [0.15, 0.2) is 27.2 Å². The monoisotopic (exact) mass is 443 g/mol. The number of hydrogen-bond donors (Lipinski definition) is 0. The van der Waals surface area contributed by atoms with E-state index in [-0.39, 0.29) is 47.2 Å². The normalized spacial score (nSPS) is 11.9. The molecule has 11 nitrogen and oxygen atoms in total. The highest BCUT2D eigenvalue weighted by Crippen LogP contribution is 2.19. The van der Waals surface area contributed by atoms with E-state index in [0.717, 1.165) is 0 Å². The molecule has 0 saturated heterocycles. The lowest BCUT2D eigenvalue weighted by molar-refractivity contribution is 0.0412. The van der Waals surface area contributed by atoms with Crippen LogP contribution < -0.4 is 0 Å². The van der Waals surface area contributed by atoms with Crippen molar-refractivity contribution in [3.8, 4) is 0 Å². The quantitative estimate of drug-likeness (QED) is 0.518. The first-order valence-corrected chi connectivity index (χ1v) is 9.91. The maximum absolute atomic E-state index is 12.3. The summed E-state index contributed by atoms with van der Waals surface area (Å²) < 4.78 is 20.5. The lowest BCUT2D eigenvalue weighted by atomic mass is 9.96. The first-order valence-electron chi connectivity index (χ1n) is 9.91. The lowest BCUT2D eigenvalue weighted by Gasteiger charge is -2.10. The van der Waals surface area contributed by atoms with Gasteiger partial charge >= 0.3 is 11.9 Å². The average Bonchev–Trinajstić information content (AvgIpc) is 3.39. The van der Waals surface area contributed by atoms with Gasteiger partial charge in [0, 0.05) is 10.8 Å². The molecule has 3 heterocycles. The first-order chi connectivity index (χ1) is 14.9. The predicted octanol–water partition coefficient (Wildman–Crippen LogP) is 3.16. The highest BCUT2D eigenvalue weighted by atomic mass is 16.6. The Morgan fingerprint density at radius 3 is 1.50 bits per heavy atom. The Bertz CT molecular complexity index is 1020. The minimum Gasteiger partial charge on any atom is -0.451 e. The number of aromatic nitrogens is 5. The predicted molar refractivity (Wildman–Crippen MR) is 108 cm³/mol. The third-order valence-electron chi connectivity index (χ3n) is 4.10. The summed E-state index contributed by atoms with van der Waals surface area (Å²) in [5.41, 5.74) is -0.722. The van der Waals surface area contributed by atoms with Gasteiger partial charge in [-0.05, 0) is 12.1 Å². The molecule has 0 atom stereocenters. The van der Waals surface area contributed by atoms with E-state index in [2.05, 4.69) is 25.3 Å². The molecule has 0 radical (unpaired) electrons. The van der Waals surface area contributed by atoms with Gasteiger partial charge < -0.3 is 18.5 Å². The standard InChI is InChI=1S/C21H25N5O6/c1-20(2,3)18-23-14(31-25-18)10-29-16(27)12-8-7-9-13(22-12)17(28)30-11-15-24-19(26-32-15)21(4,5)6/h7-9H,10-11H2,1-6H3. The number of esters is 2. The highest BCUT2D eigenvalue weighted by molar-refractivity contribution is 5.91. The molecule has 0 saturated carbocycles. The molecular weight excluding hydrogens is 418 g/mol. The summed E-state index contributed by atoms with van der Waals surface area (Å²) in [6.45, 7) is 11.2. The van der Waals surface area contributed by atoms with Crippen molar-refractivity contribution < 1.29 is 28.1 Å². The summed E-state index contributed by atoms with van der Waals surface area (Å²) in [6.07, 6.45) is 0. The van der Waals surface area contributed by atoms with Crippen molar-refractivity contribution in [2.45, 2.75) is 65.6 Å². The molecule has 3 aromatic rings. The zero-order chi connectivity index (χ0) is 23.5. The van der Waals surface area contributed by atoms with Crippen molar-refractivity contribution in [2.75, 3.05) is 0 Å². The van der Waals surface area contributed by atoms with Crippen LogP contribution in [0.3, 0.4) is 0 Å². The number of rotatable bonds is 6. The molecular formula is C21H25N5O6. The second kappa shape index (κ2) is 8.85. The lowest BCUT2D eigenvalue weighted by Crippen LogP contribution is -2.14. The zero-order valence-corrected chi connectivity index (χ0v) is 18.8. The van der Waals surface area contributed by atoms with E-state index in [4.69, 9.17) is 18.5 Å². The third kappa shape index (κ3) is 5.74. The Morgan fingerprint density at radius 1 is 0.750 bits per heavy atom. The van der Waals surface area contributed by atoms with Crippen LogP contribution in [0.1, 0.15) is 85.9 Å². The van der Waals surface area contributed by atoms with Gasteiger partial charge in [-0.1, -0.05) is 57.9 Å². The number of pyridine rings is 1. The third-order valence-corrected chi connectivity index (χ3v) is 4.10. The van der Waals surface area contributed by atoms with Crippen LogP contribution in [0.4, 0.5) is 0 Å². The van der Waals surface area contributed by atoms with Gasteiger partial charge in [-0.25, -0.2) is 14.6 Å². The van der Waals surface area contributed by atoms with Gasteiger partial charge in [-0.2, -0.15) is 9.97 Å². The van der Waals surface area contributed by atoms with E-state index in [0.29, 0.717) is 11.6 Å². The van der Waals surface area contributed by atoms with Crippen LogP contribution in [0.25, 0.3) is 0 Å². The average molecular weight is 443 g/mol. The summed E-state index contributed by atoms with van der Waals surface area (Å²) in [5.74, 6) is -0.172. The molecule has 0 bridgehead atoms. The van der Waals surface area contributed by atoms with E-state index in [1.807, 2.05) is 41.5 Å². The summed E-state index contributed by atoms with van der Waals surface area (Å²) in [4.78, 5) is 37.0. The van der Waals surface area contributed by atoms with Crippen molar-refractivity contribution in [3.05, 3.63) is 53.0 Å². The second-order valence-electron chi connectivity index (χ2n) is 9.08. The Kier molecular flexibility index (Phi) is 6.37. The van der Waals surface area contributed by atoms with E-state index < -0.39 is 11.9 Å². The van der Waals surface area contributed by atoms with Crippen LogP contribution in [-0.4, -0.2) is 37.2 Å².